The van der Waals surface area contributed by atoms with E-state index in [0.29, 0.717) is 22.0 Å². The van der Waals surface area contributed by atoms with Crippen LogP contribution in [0.2, 0.25) is 0 Å². The van der Waals surface area contributed by atoms with Crippen molar-refractivity contribution < 1.29 is 9.59 Å². The van der Waals surface area contributed by atoms with Crippen LogP contribution in [-0.2, 0) is 0 Å². The maximum Gasteiger partial charge on any atom is 0.279 e. The molecule has 4 aromatic rings. The Labute approximate surface area is 178 Å². The number of nitrogens with zero attached hydrogens (tertiary/aromatic N) is 2. The summed E-state index contributed by atoms with van der Waals surface area (Å²) in [6.45, 7) is 0.480. The lowest BCUT2D eigenvalue weighted by atomic mass is 10.1. The van der Waals surface area contributed by atoms with Gasteiger partial charge >= 0.3 is 0 Å². The quantitative estimate of drug-likeness (QED) is 0.476. The molecular weight excluding hydrogens is 392 g/mol. The molecule has 2 N–H and O–H groups in total. The minimum Gasteiger partial charge on any atom is -0.350 e. The number of hydrogen-bond donors (Lipinski definition) is 2. The first-order chi connectivity index (χ1) is 15.1. The van der Waals surface area contributed by atoms with Crippen LogP contribution in [0.5, 0.6) is 0 Å². The van der Waals surface area contributed by atoms with Crippen LogP contribution in [0.3, 0.4) is 0 Å². The van der Waals surface area contributed by atoms with Crippen molar-refractivity contribution in [2.45, 2.75) is 0 Å². The number of aromatic nitrogens is 2. The predicted molar refractivity (Wildman–Crippen MR) is 118 cm³/mol. The fourth-order valence-corrected chi connectivity index (χ4v) is 3.23. The normalized spacial score (nSPS) is 10.6. The molecule has 1 heterocycles. The van der Waals surface area contributed by atoms with Gasteiger partial charge in [-0.15, -0.1) is 0 Å². The van der Waals surface area contributed by atoms with Gasteiger partial charge < -0.3 is 10.6 Å². The third kappa shape index (κ3) is 4.35. The maximum atomic E-state index is 12.9. The van der Waals surface area contributed by atoms with Crippen molar-refractivity contribution in [3.05, 3.63) is 107 Å². The zero-order valence-electron chi connectivity index (χ0n) is 16.6. The average Bonchev–Trinajstić information content (AvgIpc) is 2.83. The summed E-state index contributed by atoms with van der Waals surface area (Å²) in [5, 5.41) is 10.7. The third-order valence-corrected chi connectivity index (χ3v) is 4.75. The van der Waals surface area contributed by atoms with E-state index in [0.717, 1.165) is 0 Å². The number of nitrogens with one attached hydrogen (secondary N) is 2. The van der Waals surface area contributed by atoms with E-state index in [9.17, 15) is 14.4 Å². The molecule has 0 saturated carbocycles. The summed E-state index contributed by atoms with van der Waals surface area (Å²) < 4.78 is 1.23. The highest BCUT2D eigenvalue weighted by molar-refractivity contribution is 6.04. The molecule has 0 bridgehead atoms. The molecule has 0 atom stereocenters. The zero-order valence-corrected chi connectivity index (χ0v) is 16.6. The molecule has 1 aromatic heterocycles. The molecule has 0 radical (unpaired) electrons. The van der Waals surface area contributed by atoms with Crippen molar-refractivity contribution in [1.29, 1.82) is 0 Å². The van der Waals surface area contributed by atoms with Gasteiger partial charge in [-0.05, 0) is 30.3 Å². The van der Waals surface area contributed by atoms with Crippen LogP contribution in [0.25, 0.3) is 16.5 Å². The SMILES string of the molecule is O=C(NCCNC(=O)c1nn(-c2ccccc2)c(=O)c2ccccc12)c1ccccc1. The lowest BCUT2D eigenvalue weighted by molar-refractivity contribution is 0.0925. The molecule has 4 rings (SSSR count). The molecule has 7 nitrogen and oxygen atoms in total. The highest BCUT2D eigenvalue weighted by Crippen LogP contribution is 2.15. The van der Waals surface area contributed by atoms with Crippen LogP contribution in [0.15, 0.2) is 89.7 Å². The second-order valence-corrected chi connectivity index (χ2v) is 6.82. The molecule has 2 amide bonds. The molecule has 0 saturated heterocycles. The van der Waals surface area contributed by atoms with Crippen molar-refractivity contribution >= 4 is 22.6 Å². The number of benzene rings is 3. The molecule has 154 valence electrons. The Morgan fingerprint density at radius 3 is 1.94 bits per heavy atom. The minimum absolute atomic E-state index is 0.147. The summed E-state index contributed by atoms with van der Waals surface area (Å²) in [4.78, 5) is 37.9. The van der Waals surface area contributed by atoms with Gasteiger partial charge in [-0.3, -0.25) is 14.4 Å². The highest BCUT2D eigenvalue weighted by atomic mass is 16.2. The Kier molecular flexibility index (Phi) is 5.84. The van der Waals surface area contributed by atoms with E-state index in [1.165, 1.54) is 4.68 Å². The molecule has 0 aliphatic rings. The number of amides is 2. The number of carbonyl (C=O) groups is 2. The summed E-state index contributed by atoms with van der Waals surface area (Å²) in [6.07, 6.45) is 0. The first kappa shape index (κ1) is 20.0. The largest absolute Gasteiger partial charge is 0.350 e. The van der Waals surface area contributed by atoms with Gasteiger partial charge in [0.25, 0.3) is 17.4 Å². The van der Waals surface area contributed by atoms with E-state index >= 15 is 0 Å². The van der Waals surface area contributed by atoms with E-state index in [-0.39, 0.29) is 30.2 Å². The standard InChI is InChI=1S/C24H20N4O3/c29-22(17-9-3-1-4-10-17)25-15-16-26-23(30)21-19-13-7-8-14-20(19)24(31)28(27-21)18-11-5-2-6-12-18/h1-14H,15-16H2,(H,25,29)(H,26,30). The summed E-state index contributed by atoms with van der Waals surface area (Å²) in [7, 11) is 0. The topological polar surface area (TPSA) is 93.1 Å². The van der Waals surface area contributed by atoms with Crippen molar-refractivity contribution in [1.82, 2.24) is 20.4 Å². The van der Waals surface area contributed by atoms with E-state index in [1.54, 1.807) is 72.8 Å². The maximum absolute atomic E-state index is 12.9. The van der Waals surface area contributed by atoms with Crippen molar-refractivity contribution in [3.63, 3.8) is 0 Å². The van der Waals surface area contributed by atoms with Crippen LogP contribution in [0, 0.1) is 0 Å². The predicted octanol–water partition coefficient (Wildman–Crippen LogP) is 2.55. The summed E-state index contributed by atoms with van der Waals surface area (Å²) in [6, 6.07) is 24.7. The summed E-state index contributed by atoms with van der Waals surface area (Å²) >= 11 is 0. The summed E-state index contributed by atoms with van der Waals surface area (Å²) in [5.41, 5.74) is 0.973. The molecular formula is C24H20N4O3. The molecule has 0 fully saturated rings. The van der Waals surface area contributed by atoms with Gasteiger partial charge in [0.15, 0.2) is 5.69 Å². The molecule has 0 unspecified atom stereocenters. The van der Waals surface area contributed by atoms with Gasteiger partial charge in [0.05, 0.1) is 11.1 Å². The molecule has 7 heteroatoms. The van der Waals surface area contributed by atoms with Crippen molar-refractivity contribution in [2.24, 2.45) is 0 Å². The van der Waals surface area contributed by atoms with Gasteiger partial charge in [0.1, 0.15) is 0 Å². The Hall–Kier alpha value is -4.26. The van der Waals surface area contributed by atoms with Gasteiger partial charge in [-0.25, -0.2) is 0 Å². The molecule has 0 aliphatic heterocycles. The van der Waals surface area contributed by atoms with Crippen LogP contribution in [0.4, 0.5) is 0 Å². The second-order valence-electron chi connectivity index (χ2n) is 6.82. The lowest BCUT2D eigenvalue weighted by Crippen LogP contribution is -2.36. The zero-order chi connectivity index (χ0) is 21.6. The van der Waals surface area contributed by atoms with Crippen molar-refractivity contribution in [2.75, 3.05) is 13.1 Å². The number of carbonyl (C=O) groups excluding carboxylic acids is 2. The third-order valence-electron chi connectivity index (χ3n) is 4.75. The van der Waals surface area contributed by atoms with Crippen LogP contribution < -0.4 is 16.2 Å². The van der Waals surface area contributed by atoms with Crippen LogP contribution >= 0.6 is 0 Å². The average molecular weight is 412 g/mol. The molecule has 31 heavy (non-hydrogen) atoms. The van der Waals surface area contributed by atoms with E-state index in [1.807, 2.05) is 12.1 Å². The number of fused-ring (bicyclic) bond motifs is 1. The van der Waals surface area contributed by atoms with E-state index < -0.39 is 5.91 Å². The van der Waals surface area contributed by atoms with E-state index in [2.05, 4.69) is 15.7 Å². The molecule has 0 spiro atoms. The second kappa shape index (κ2) is 9.04. The number of para-hydroxylation sites is 1. The van der Waals surface area contributed by atoms with Crippen LogP contribution in [0.1, 0.15) is 20.8 Å². The Bertz CT molecular complexity index is 1280. The Morgan fingerprint density at radius 1 is 0.710 bits per heavy atom. The smallest absolute Gasteiger partial charge is 0.279 e. The fourth-order valence-electron chi connectivity index (χ4n) is 3.23. The van der Waals surface area contributed by atoms with Crippen molar-refractivity contribution in [3.8, 4) is 5.69 Å². The first-order valence-corrected chi connectivity index (χ1v) is 9.84. The number of hydrogen-bond acceptors (Lipinski definition) is 4. The van der Waals surface area contributed by atoms with Gasteiger partial charge in [0, 0.05) is 24.0 Å². The fraction of sp³-hybridized carbons (Fsp3) is 0.0833. The lowest BCUT2D eigenvalue weighted by Gasteiger charge is -2.11. The van der Waals surface area contributed by atoms with Crippen LogP contribution in [-0.4, -0.2) is 34.7 Å². The number of rotatable bonds is 6. The Morgan fingerprint density at radius 2 is 1.26 bits per heavy atom. The highest BCUT2D eigenvalue weighted by Gasteiger charge is 2.17. The molecule has 0 aliphatic carbocycles. The minimum atomic E-state index is -0.421. The molecule has 3 aromatic carbocycles. The summed E-state index contributed by atoms with van der Waals surface area (Å²) in [5.74, 6) is -0.633. The monoisotopic (exact) mass is 412 g/mol. The first-order valence-electron chi connectivity index (χ1n) is 9.84. The Balaban J connectivity index is 1.53. The van der Waals surface area contributed by atoms with E-state index in [4.69, 9.17) is 0 Å². The van der Waals surface area contributed by atoms with Gasteiger partial charge in [-0.2, -0.15) is 9.78 Å². The van der Waals surface area contributed by atoms with Gasteiger partial charge in [0.2, 0.25) is 0 Å². The van der Waals surface area contributed by atoms with Gasteiger partial charge in [-0.1, -0.05) is 54.6 Å².